The zero-order valence-electron chi connectivity index (χ0n) is 10.7. The van der Waals surface area contributed by atoms with Gasteiger partial charge in [0, 0.05) is 14.1 Å². The molecule has 0 aromatic carbocycles. The third-order valence-electron chi connectivity index (χ3n) is 2.47. The number of hydrogen-bond acceptors (Lipinski definition) is 6. The van der Waals surface area contributed by atoms with Gasteiger partial charge in [0.05, 0.1) is 25.5 Å². The Bertz CT molecular complexity index is 512. The SMILES string of the molecule is CCOc1cncc(N(C)Cc2ncnn2C)n1. The monoisotopic (exact) mass is 248 g/mol. The average molecular weight is 248 g/mol. The molecule has 0 unspecified atom stereocenters. The third-order valence-corrected chi connectivity index (χ3v) is 2.47. The second kappa shape index (κ2) is 5.44. The molecule has 0 amide bonds. The van der Waals surface area contributed by atoms with Crippen LogP contribution in [0.25, 0.3) is 0 Å². The summed E-state index contributed by atoms with van der Waals surface area (Å²) in [5, 5.41) is 4.03. The fourth-order valence-corrected chi connectivity index (χ4v) is 1.50. The normalized spacial score (nSPS) is 10.4. The van der Waals surface area contributed by atoms with E-state index < -0.39 is 0 Å². The maximum Gasteiger partial charge on any atom is 0.234 e. The summed E-state index contributed by atoms with van der Waals surface area (Å²) in [6.45, 7) is 3.10. The lowest BCUT2D eigenvalue weighted by Gasteiger charge is -2.17. The van der Waals surface area contributed by atoms with E-state index in [0.29, 0.717) is 19.0 Å². The molecular formula is C11H16N6O. The van der Waals surface area contributed by atoms with Crippen molar-refractivity contribution in [2.24, 2.45) is 7.05 Å². The summed E-state index contributed by atoms with van der Waals surface area (Å²) in [7, 11) is 3.78. The minimum Gasteiger partial charge on any atom is -0.477 e. The minimum atomic E-state index is 0.528. The predicted octanol–water partition coefficient (Wildman–Crippen LogP) is 0.640. The van der Waals surface area contributed by atoms with Crippen molar-refractivity contribution in [2.75, 3.05) is 18.6 Å². The first-order valence-electron chi connectivity index (χ1n) is 5.69. The molecule has 7 nitrogen and oxygen atoms in total. The van der Waals surface area contributed by atoms with Crippen molar-refractivity contribution in [3.05, 3.63) is 24.5 Å². The Morgan fingerprint density at radius 3 is 2.89 bits per heavy atom. The molecule has 0 saturated heterocycles. The first-order valence-corrected chi connectivity index (χ1v) is 5.69. The topological polar surface area (TPSA) is 69.0 Å². The highest BCUT2D eigenvalue weighted by Crippen LogP contribution is 2.14. The zero-order chi connectivity index (χ0) is 13.0. The summed E-state index contributed by atoms with van der Waals surface area (Å²) in [5.74, 6) is 2.13. The zero-order valence-corrected chi connectivity index (χ0v) is 10.7. The van der Waals surface area contributed by atoms with Gasteiger partial charge in [0.15, 0.2) is 5.82 Å². The van der Waals surface area contributed by atoms with Crippen LogP contribution in [0, 0.1) is 0 Å². The van der Waals surface area contributed by atoms with E-state index in [0.717, 1.165) is 11.6 Å². The fourth-order valence-electron chi connectivity index (χ4n) is 1.50. The summed E-state index contributed by atoms with van der Waals surface area (Å²) in [6, 6.07) is 0. The Hall–Kier alpha value is -2.18. The van der Waals surface area contributed by atoms with Crippen LogP contribution in [0.4, 0.5) is 5.82 Å². The smallest absolute Gasteiger partial charge is 0.234 e. The summed E-state index contributed by atoms with van der Waals surface area (Å²) in [6.07, 6.45) is 4.83. The highest BCUT2D eigenvalue weighted by atomic mass is 16.5. The lowest BCUT2D eigenvalue weighted by molar-refractivity contribution is 0.325. The highest BCUT2D eigenvalue weighted by molar-refractivity contribution is 5.36. The molecule has 2 rings (SSSR count). The predicted molar refractivity (Wildman–Crippen MR) is 66.3 cm³/mol. The molecule has 0 saturated carbocycles. The molecule has 0 atom stereocenters. The van der Waals surface area contributed by atoms with Gasteiger partial charge in [-0.2, -0.15) is 10.1 Å². The number of hydrogen-bond donors (Lipinski definition) is 0. The maximum absolute atomic E-state index is 5.32. The van der Waals surface area contributed by atoms with Crippen molar-refractivity contribution in [3.63, 3.8) is 0 Å². The van der Waals surface area contributed by atoms with E-state index in [1.54, 1.807) is 17.1 Å². The molecule has 0 spiro atoms. The van der Waals surface area contributed by atoms with Crippen LogP contribution in [0.5, 0.6) is 5.88 Å². The second-order valence-corrected chi connectivity index (χ2v) is 3.80. The molecule has 0 N–H and O–H groups in total. The Kier molecular flexibility index (Phi) is 3.71. The molecule has 0 aliphatic heterocycles. The summed E-state index contributed by atoms with van der Waals surface area (Å²) in [4.78, 5) is 14.6. The van der Waals surface area contributed by atoms with Crippen LogP contribution >= 0.6 is 0 Å². The van der Waals surface area contributed by atoms with Gasteiger partial charge in [0.2, 0.25) is 5.88 Å². The van der Waals surface area contributed by atoms with E-state index in [1.807, 2.05) is 25.9 Å². The van der Waals surface area contributed by atoms with Crippen LogP contribution in [0.3, 0.4) is 0 Å². The van der Waals surface area contributed by atoms with Crippen molar-refractivity contribution in [1.29, 1.82) is 0 Å². The molecule has 0 radical (unpaired) electrons. The molecule has 18 heavy (non-hydrogen) atoms. The van der Waals surface area contributed by atoms with Crippen molar-refractivity contribution in [1.82, 2.24) is 24.7 Å². The van der Waals surface area contributed by atoms with E-state index >= 15 is 0 Å². The van der Waals surface area contributed by atoms with Gasteiger partial charge in [-0.05, 0) is 6.92 Å². The van der Waals surface area contributed by atoms with E-state index in [4.69, 9.17) is 4.74 Å². The van der Waals surface area contributed by atoms with Crippen molar-refractivity contribution in [3.8, 4) is 5.88 Å². The molecule has 2 heterocycles. The number of anilines is 1. The molecule has 7 heteroatoms. The first-order chi connectivity index (χ1) is 8.70. The molecular weight excluding hydrogens is 232 g/mol. The lowest BCUT2D eigenvalue weighted by atomic mass is 10.5. The van der Waals surface area contributed by atoms with Gasteiger partial charge in [-0.25, -0.2) is 4.98 Å². The first kappa shape index (κ1) is 12.3. The van der Waals surface area contributed by atoms with E-state index in [9.17, 15) is 0 Å². The third kappa shape index (κ3) is 2.73. The molecule has 2 aromatic heterocycles. The summed E-state index contributed by atoms with van der Waals surface area (Å²) >= 11 is 0. The van der Waals surface area contributed by atoms with Crippen LogP contribution in [0.2, 0.25) is 0 Å². The van der Waals surface area contributed by atoms with Crippen LogP contribution < -0.4 is 9.64 Å². The second-order valence-electron chi connectivity index (χ2n) is 3.80. The van der Waals surface area contributed by atoms with Gasteiger partial charge in [0.1, 0.15) is 12.2 Å². The quantitative estimate of drug-likeness (QED) is 0.773. The van der Waals surface area contributed by atoms with Gasteiger partial charge in [0.25, 0.3) is 0 Å². The van der Waals surface area contributed by atoms with Crippen molar-refractivity contribution < 1.29 is 4.74 Å². The van der Waals surface area contributed by atoms with Crippen molar-refractivity contribution in [2.45, 2.75) is 13.5 Å². The summed E-state index contributed by atoms with van der Waals surface area (Å²) < 4.78 is 7.05. The van der Waals surface area contributed by atoms with Crippen molar-refractivity contribution >= 4 is 5.82 Å². The van der Waals surface area contributed by atoms with Crippen LogP contribution in [-0.4, -0.2) is 38.4 Å². The van der Waals surface area contributed by atoms with Gasteiger partial charge in [-0.15, -0.1) is 0 Å². The maximum atomic E-state index is 5.32. The number of aryl methyl sites for hydroxylation is 1. The largest absolute Gasteiger partial charge is 0.477 e. The lowest BCUT2D eigenvalue weighted by Crippen LogP contribution is -2.20. The molecule has 0 bridgehead atoms. The Morgan fingerprint density at radius 1 is 1.39 bits per heavy atom. The van der Waals surface area contributed by atoms with Gasteiger partial charge in [-0.1, -0.05) is 0 Å². The molecule has 0 fully saturated rings. The number of ether oxygens (including phenoxy) is 1. The highest BCUT2D eigenvalue weighted by Gasteiger charge is 2.09. The Morgan fingerprint density at radius 2 is 2.22 bits per heavy atom. The molecule has 0 aliphatic carbocycles. The van der Waals surface area contributed by atoms with Crippen LogP contribution in [-0.2, 0) is 13.6 Å². The minimum absolute atomic E-state index is 0.528. The number of rotatable bonds is 5. The van der Waals surface area contributed by atoms with Crippen LogP contribution in [0.1, 0.15) is 12.7 Å². The summed E-state index contributed by atoms with van der Waals surface area (Å²) in [5.41, 5.74) is 0. The average Bonchev–Trinajstić information content (AvgIpc) is 2.76. The Balaban J connectivity index is 2.11. The molecule has 2 aromatic rings. The fraction of sp³-hybridized carbons (Fsp3) is 0.455. The number of nitrogens with zero attached hydrogens (tertiary/aromatic N) is 6. The number of aromatic nitrogens is 5. The van der Waals surface area contributed by atoms with E-state index in [2.05, 4.69) is 20.1 Å². The van der Waals surface area contributed by atoms with E-state index in [1.165, 1.54) is 6.33 Å². The Labute approximate surface area is 105 Å². The van der Waals surface area contributed by atoms with Crippen LogP contribution in [0.15, 0.2) is 18.7 Å². The van der Waals surface area contributed by atoms with Gasteiger partial charge < -0.3 is 9.64 Å². The molecule has 96 valence electrons. The molecule has 0 aliphatic rings. The standard InChI is InChI=1S/C11H16N6O/c1-4-18-11-6-12-5-9(15-11)16(2)7-10-13-8-14-17(10)3/h5-6,8H,4,7H2,1-3H3. The van der Waals surface area contributed by atoms with E-state index in [-0.39, 0.29) is 0 Å². The van der Waals surface area contributed by atoms with Gasteiger partial charge >= 0.3 is 0 Å². The van der Waals surface area contributed by atoms with Gasteiger partial charge in [-0.3, -0.25) is 9.67 Å².